The molecule has 1 aromatic carbocycles. The van der Waals surface area contributed by atoms with E-state index in [1.54, 1.807) is 12.1 Å². The van der Waals surface area contributed by atoms with E-state index in [2.05, 4.69) is 5.10 Å². The first-order valence-electron chi connectivity index (χ1n) is 6.45. The number of rotatable bonds is 6. The summed E-state index contributed by atoms with van der Waals surface area (Å²) in [5, 5.41) is 4.69. The van der Waals surface area contributed by atoms with Crippen molar-refractivity contribution in [1.29, 1.82) is 0 Å². The summed E-state index contributed by atoms with van der Waals surface area (Å²) in [6, 6.07) is 7.17. The van der Waals surface area contributed by atoms with Crippen molar-refractivity contribution < 1.29 is 4.74 Å². The molecule has 0 amide bonds. The second-order valence-corrected chi connectivity index (χ2v) is 5.86. The normalized spacial score (nSPS) is 11.0. The lowest BCUT2D eigenvalue weighted by molar-refractivity contribution is 0.195. The highest BCUT2D eigenvalue weighted by atomic mass is 35.5. The molecule has 0 spiro atoms. The van der Waals surface area contributed by atoms with E-state index >= 15 is 0 Å². The van der Waals surface area contributed by atoms with Crippen LogP contribution in [0.3, 0.4) is 0 Å². The Bertz CT molecular complexity index is 706. The SMILES string of the molecule is CN(CCOc1cccc(Cl)c1)Cn1ncc(Cl)c(Cl)c1=O. The third kappa shape index (κ3) is 4.61. The van der Waals surface area contributed by atoms with Crippen molar-refractivity contribution in [1.82, 2.24) is 14.7 Å². The first-order chi connectivity index (χ1) is 10.5. The fourth-order valence-electron chi connectivity index (χ4n) is 1.72. The summed E-state index contributed by atoms with van der Waals surface area (Å²) in [5.74, 6) is 0.700. The van der Waals surface area contributed by atoms with Gasteiger partial charge in [-0.05, 0) is 25.2 Å². The van der Waals surface area contributed by atoms with Crippen molar-refractivity contribution in [3.05, 3.63) is 55.9 Å². The van der Waals surface area contributed by atoms with Crippen molar-refractivity contribution in [2.75, 3.05) is 20.2 Å². The Morgan fingerprint density at radius 1 is 1.32 bits per heavy atom. The van der Waals surface area contributed by atoms with E-state index in [0.29, 0.717) is 23.9 Å². The minimum atomic E-state index is -0.420. The number of benzene rings is 1. The minimum Gasteiger partial charge on any atom is -0.492 e. The van der Waals surface area contributed by atoms with Crippen LogP contribution in [0.1, 0.15) is 0 Å². The van der Waals surface area contributed by atoms with Gasteiger partial charge in [-0.1, -0.05) is 40.9 Å². The maximum absolute atomic E-state index is 11.9. The molecule has 5 nitrogen and oxygen atoms in total. The van der Waals surface area contributed by atoms with Crippen LogP contribution in [0.4, 0.5) is 0 Å². The molecule has 0 atom stereocenters. The molecule has 2 aromatic rings. The lowest BCUT2D eigenvalue weighted by Gasteiger charge is -2.17. The number of likely N-dealkylation sites (N-methyl/N-ethyl adjacent to an activating group) is 1. The van der Waals surface area contributed by atoms with Crippen LogP contribution in [-0.2, 0) is 6.67 Å². The summed E-state index contributed by atoms with van der Waals surface area (Å²) in [6.07, 6.45) is 1.35. The molecule has 1 heterocycles. The van der Waals surface area contributed by atoms with Gasteiger partial charge in [-0.2, -0.15) is 5.10 Å². The monoisotopic (exact) mass is 361 g/mol. The summed E-state index contributed by atoms with van der Waals surface area (Å²) in [6.45, 7) is 1.34. The van der Waals surface area contributed by atoms with Crippen LogP contribution >= 0.6 is 34.8 Å². The lowest BCUT2D eigenvalue weighted by Crippen LogP contribution is -2.34. The smallest absolute Gasteiger partial charge is 0.288 e. The van der Waals surface area contributed by atoms with Crippen molar-refractivity contribution >= 4 is 34.8 Å². The molecule has 8 heteroatoms. The standard InChI is InChI=1S/C14H14Cl3N3O2/c1-19(5-6-22-11-4-2-3-10(15)7-11)9-20-14(21)13(17)12(16)8-18-20/h2-4,7-8H,5-6,9H2,1H3. The van der Waals surface area contributed by atoms with Crippen LogP contribution < -0.4 is 10.3 Å². The molecule has 0 aliphatic carbocycles. The number of hydrogen-bond acceptors (Lipinski definition) is 4. The Hall–Kier alpha value is -1.27. The molecule has 0 aliphatic rings. The van der Waals surface area contributed by atoms with Gasteiger partial charge in [0, 0.05) is 11.6 Å². The van der Waals surface area contributed by atoms with E-state index in [0.717, 1.165) is 0 Å². The average Bonchev–Trinajstić information content (AvgIpc) is 2.48. The van der Waals surface area contributed by atoms with Gasteiger partial charge in [-0.25, -0.2) is 4.68 Å². The molecular formula is C14H14Cl3N3O2. The molecule has 1 aromatic heterocycles. The van der Waals surface area contributed by atoms with Gasteiger partial charge in [0.1, 0.15) is 17.4 Å². The summed E-state index contributed by atoms with van der Waals surface area (Å²) in [7, 11) is 1.85. The predicted molar refractivity (Wildman–Crippen MR) is 88.1 cm³/mol. The van der Waals surface area contributed by atoms with Crippen molar-refractivity contribution in [2.24, 2.45) is 0 Å². The molecule has 2 rings (SSSR count). The van der Waals surface area contributed by atoms with Gasteiger partial charge >= 0.3 is 0 Å². The summed E-state index contributed by atoms with van der Waals surface area (Å²) >= 11 is 17.4. The number of nitrogens with zero attached hydrogens (tertiary/aromatic N) is 3. The molecule has 0 aliphatic heterocycles. The molecule has 22 heavy (non-hydrogen) atoms. The van der Waals surface area contributed by atoms with Crippen LogP contribution in [0.5, 0.6) is 5.75 Å². The van der Waals surface area contributed by atoms with Crippen molar-refractivity contribution in [3.63, 3.8) is 0 Å². The van der Waals surface area contributed by atoms with E-state index in [1.807, 2.05) is 24.1 Å². The average molecular weight is 363 g/mol. The molecule has 0 fully saturated rings. The first kappa shape index (κ1) is 17.1. The van der Waals surface area contributed by atoms with E-state index in [9.17, 15) is 4.79 Å². The predicted octanol–water partition coefficient (Wildman–Crippen LogP) is 3.17. The van der Waals surface area contributed by atoms with Crippen LogP contribution in [0.25, 0.3) is 0 Å². The van der Waals surface area contributed by atoms with Gasteiger partial charge in [-0.3, -0.25) is 9.69 Å². The van der Waals surface area contributed by atoms with Gasteiger partial charge in [0.25, 0.3) is 5.56 Å². The topological polar surface area (TPSA) is 47.4 Å². The molecule has 0 radical (unpaired) electrons. The highest BCUT2D eigenvalue weighted by Crippen LogP contribution is 2.17. The van der Waals surface area contributed by atoms with E-state index < -0.39 is 5.56 Å². The zero-order valence-corrected chi connectivity index (χ0v) is 14.1. The number of aromatic nitrogens is 2. The molecule has 0 saturated carbocycles. The van der Waals surface area contributed by atoms with E-state index in [-0.39, 0.29) is 16.7 Å². The zero-order valence-electron chi connectivity index (χ0n) is 11.8. The molecule has 0 N–H and O–H groups in total. The maximum atomic E-state index is 11.9. The molecular weight excluding hydrogens is 349 g/mol. The van der Waals surface area contributed by atoms with Gasteiger partial charge < -0.3 is 4.74 Å². The Labute approximate surface area is 143 Å². The molecule has 0 unspecified atom stereocenters. The summed E-state index contributed by atoms with van der Waals surface area (Å²) < 4.78 is 6.83. The third-order valence-electron chi connectivity index (χ3n) is 2.86. The zero-order chi connectivity index (χ0) is 16.1. The van der Waals surface area contributed by atoms with E-state index in [1.165, 1.54) is 10.9 Å². The van der Waals surface area contributed by atoms with Gasteiger partial charge in [0.2, 0.25) is 0 Å². The van der Waals surface area contributed by atoms with Crippen molar-refractivity contribution in [2.45, 2.75) is 6.67 Å². The quantitative estimate of drug-likeness (QED) is 0.792. The summed E-state index contributed by atoms with van der Waals surface area (Å²) in [5.41, 5.74) is -0.420. The van der Waals surface area contributed by atoms with E-state index in [4.69, 9.17) is 39.5 Å². The maximum Gasteiger partial charge on any atom is 0.288 e. The second kappa shape index (κ2) is 7.83. The molecule has 118 valence electrons. The fraction of sp³-hybridized carbons (Fsp3) is 0.286. The summed E-state index contributed by atoms with van der Waals surface area (Å²) in [4.78, 5) is 13.7. The van der Waals surface area contributed by atoms with Gasteiger partial charge in [-0.15, -0.1) is 0 Å². The lowest BCUT2D eigenvalue weighted by atomic mass is 10.3. The highest BCUT2D eigenvalue weighted by Gasteiger charge is 2.09. The van der Waals surface area contributed by atoms with Gasteiger partial charge in [0.15, 0.2) is 0 Å². The minimum absolute atomic E-state index is 0.0276. The third-order valence-corrected chi connectivity index (χ3v) is 3.84. The molecule has 0 saturated heterocycles. The Morgan fingerprint density at radius 2 is 2.09 bits per heavy atom. The Kier molecular flexibility index (Phi) is 6.08. The van der Waals surface area contributed by atoms with Gasteiger partial charge in [0.05, 0.1) is 17.9 Å². The van der Waals surface area contributed by atoms with Crippen LogP contribution in [0.2, 0.25) is 15.1 Å². The number of ether oxygens (including phenoxy) is 1. The number of halogens is 3. The largest absolute Gasteiger partial charge is 0.492 e. The van der Waals surface area contributed by atoms with Crippen LogP contribution in [-0.4, -0.2) is 34.9 Å². The number of hydrogen-bond donors (Lipinski definition) is 0. The fourth-order valence-corrected chi connectivity index (χ4v) is 2.17. The Balaban J connectivity index is 1.87. The Morgan fingerprint density at radius 3 is 2.82 bits per heavy atom. The highest BCUT2D eigenvalue weighted by molar-refractivity contribution is 6.41. The van der Waals surface area contributed by atoms with Crippen molar-refractivity contribution in [3.8, 4) is 5.75 Å². The first-order valence-corrected chi connectivity index (χ1v) is 7.59. The van der Waals surface area contributed by atoms with Crippen LogP contribution in [0.15, 0.2) is 35.3 Å². The molecule has 0 bridgehead atoms. The second-order valence-electron chi connectivity index (χ2n) is 4.64. The van der Waals surface area contributed by atoms with Crippen LogP contribution in [0, 0.1) is 0 Å².